The Morgan fingerprint density at radius 3 is 2.42 bits per heavy atom. The van der Waals surface area contributed by atoms with Crippen LogP contribution in [0, 0.1) is 6.92 Å². The van der Waals surface area contributed by atoms with E-state index in [-0.39, 0.29) is 5.78 Å². The first-order chi connectivity index (χ1) is 9.10. The normalized spacial score (nSPS) is 10.3. The summed E-state index contributed by atoms with van der Waals surface area (Å²) in [5, 5.41) is 0.513. The average Bonchev–Trinajstić information content (AvgIpc) is 2.39. The molecule has 0 aromatic heterocycles. The van der Waals surface area contributed by atoms with Crippen LogP contribution in [0.5, 0.6) is 5.75 Å². The Morgan fingerprint density at radius 2 is 1.84 bits per heavy atom. The molecule has 0 amide bonds. The van der Waals surface area contributed by atoms with Gasteiger partial charge in [0.15, 0.2) is 5.78 Å². The maximum absolute atomic E-state index is 12.2. The molecule has 2 aromatic rings. The largest absolute Gasteiger partial charge is 0.497 e. The highest BCUT2D eigenvalue weighted by molar-refractivity contribution is 6.34. The maximum Gasteiger partial charge on any atom is 0.168 e. The fourth-order valence-corrected chi connectivity index (χ4v) is 2.21. The number of Topliss-reactive ketones (excluding diaryl/α,β-unsaturated/α-hetero) is 1. The van der Waals surface area contributed by atoms with E-state index in [4.69, 9.17) is 16.3 Å². The summed E-state index contributed by atoms with van der Waals surface area (Å²) in [5.74, 6) is 0.805. The van der Waals surface area contributed by atoms with Crippen LogP contribution in [0.3, 0.4) is 0 Å². The molecule has 0 heterocycles. The number of hydrogen-bond acceptors (Lipinski definition) is 2. The van der Waals surface area contributed by atoms with Gasteiger partial charge in [-0.3, -0.25) is 4.79 Å². The van der Waals surface area contributed by atoms with E-state index in [0.29, 0.717) is 17.0 Å². The SMILES string of the molecule is COc1ccc(CC(=O)c2ccc(C)cc2Cl)cc1. The summed E-state index contributed by atoms with van der Waals surface area (Å²) in [6.07, 6.45) is 0.340. The van der Waals surface area contributed by atoms with Crippen molar-refractivity contribution in [2.24, 2.45) is 0 Å². The Hall–Kier alpha value is -1.80. The summed E-state index contributed by atoms with van der Waals surface area (Å²) >= 11 is 6.10. The Morgan fingerprint density at radius 1 is 1.16 bits per heavy atom. The van der Waals surface area contributed by atoms with Gasteiger partial charge in [-0.25, -0.2) is 0 Å². The van der Waals surface area contributed by atoms with Crippen molar-refractivity contribution in [1.82, 2.24) is 0 Å². The van der Waals surface area contributed by atoms with Crippen LogP contribution in [-0.4, -0.2) is 12.9 Å². The number of methoxy groups -OCH3 is 1. The lowest BCUT2D eigenvalue weighted by atomic mass is 10.0. The molecule has 98 valence electrons. The third-order valence-electron chi connectivity index (χ3n) is 2.95. The van der Waals surface area contributed by atoms with Gasteiger partial charge in [0, 0.05) is 12.0 Å². The number of halogens is 1. The van der Waals surface area contributed by atoms with E-state index in [1.165, 1.54) is 0 Å². The molecule has 0 atom stereocenters. The summed E-state index contributed by atoms with van der Waals surface area (Å²) in [6.45, 7) is 1.95. The molecule has 0 N–H and O–H groups in total. The van der Waals surface area contributed by atoms with E-state index in [0.717, 1.165) is 16.9 Å². The summed E-state index contributed by atoms with van der Waals surface area (Å²) in [6, 6.07) is 13.0. The van der Waals surface area contributed by atoms with E-state index in [9.17, 15) is 4.79 Å². The van der Waals surface area contributed by atoms with E-state index in [2.05, 4.69) is 0 Å². The lowest BCUT2D eigenvalue weighted by molar-refractivity contribution is 0.0993. The zero-order valence-electron chi connectivity index (χ0n) is 10.9. The van der Waals surface area contributed by atoms with Gasteiger partial charge < -0.3 is 4.74 Å². The first-order valence-corrected chi connectivity index (χ1v) is 6.40. The predicted octanol–water partition coefficient (Wildman–Crippen LogP) is 4.08. The number of rotatable bonds is 4. The van der Waals surface area contributed by atoms with Crippen molar-refractivity contribution < 1.29 is 9.53 Å². The van der Waals surface area contributed by atoms with Gasteiger partial charge in [0.05, 0.1) is 12.1 Å². The number of benzene rings is 2. The predicted molar refractivity (Wildman–Crippen MR) is 77.2 cm³/mol. The smallest absolute Gasteiger partial charge is 0.168 e. The molecule has 2 rings (SSSR count). The zero-order valence-corrected chi connectivity index (χ0v) is 11.7. The number of ether oxygens (including phenoxy) is 1. The van der Waals surface area contributed by atoms with E-state index < -0.39 is 0 Å². The van der Waals surface area contributed by atoms with Gasteiger partial charge in [-0.05, 0) is 42.3 Å². The van der Waals surface area contributed by atoms with Crippen LogP contribution in [0.2, 0.25) is 5.02 Å². The first kappa shape index (κ1) is 13.6. The van der Waals surface area contributed by atoms with Crippen LogP contribution in [0.4, 0.5) is 0 Å². The molecule has 0 aliphatic rings. The van der Waals surface area contributed by atoms with Crippen molar-refractivity contribution in [3.8, 4) is 5.75 Å². The van der Waals surface area contributed by atoms with Gasteiger partial charge in [-0.15, -0.1) is 0 Å². The second-order valence-electron chi connectivity index (χ2n) is 4.43. The minimum Gasteiger partial charge on any atom is -0.497 e. The number of ketones is 1. The molecule has 0 unspecified atom stereocenters. The lowest BCUT2D eigenvalue weighted by Crippen LogP contribution is -2.04. The molecule has 0 aliphatic carbocycles. The summed E-state index contributed by atoms with van der Waals surface area (Å²) < 4.78 is 5.09. The highest BCUT2D eigenvalue weighted by Gasteiger charge is 2.11. The Bertz CT molecular complexity index is 588. The molecule has 2 nitrogen and oxygen atoms in total. The second kappa shape index (κ2) is 5.89. The van der Waals surface area contributed by atoms with Crippen molar-refractivity contribution in [2.75, 3.05) is 7.11 Å². The topological polar surface area (TPSA) is 26.3 Å². The molecule has 19 heavy (non-hydrogen) atoms. The van der Waals surface area contributed by atoms with Gasteiger partial charge in [0.1, 0.15) is 5.75 Å². The van der Waals surface area contributed by atoms with Gasteiger partial charge >= 0.3 is 0 Å². The van der Waals surface area contributed by atoms with Crippen LogP contribution in [0.1, 0.15) is 21.5 Å². The van der Waals surface area contributed by atoms with Gasteiger partial charge in [0.25, 0.3) is 0 Å². The first-order valence-electron chi connectivity index (χ1n) is 6.02. The zero-order chi connectivity index (χ0) is 13.8. The van der Waals surface area contributed by atoms with Gasteiger partial charge in [-0.1, -0.05) is 29.8 Å². The number of hydrogen-bond donors (Lipinski definition) is 0. The van der Waals surface area contributed by atoms with Crippen molar-refractivity contribution in [3.05, 3.63) is 64.2 Å². The Kier molecular flexibility index (Phi) is 4.23. The maximum atomic E-state index is 12.2. The van der Waals surface area contributed by atoms with Crippen molar-refractivity contribution >= 4 is 17.4 Å². The van der Waals surface area contributed by atoms with Gasteiger partial charge in [-0.2, -0.15) is 0 Å². The monoisotopic (exact) mass is 274 g/mol. The number of aryl methyl sites for hydroxylation is 1. The molecule has 0 aliphatic heterocycles. The molecule has 3 heteroatoms. The minimum atomic E-state index is 0.0233. The van der Waals surface area contributed by atoms with Crippen LogP contribution < -0.4 is 4.74 Å². The highest BCUT2D eigenvalue weighted by atomic mass is 35.5. The van der Waals surface area contributed by atoms with Crippen LogP contribution in [-0.2, 0) is 6.42 Å². The Labute approximate surface area is 118 Å². The quantitative estimate of drug-likeness (QED) is 0.785. The summed E-state index contributed by atoms with van der Waals surface area (Å²) in [4.78, 5) is 12.2. The fraction of sp³-hybridized carbons (Fsp3) is 0.188. The number of carbonyl (C=O) groups is 1. The standard InChI is InChI=1S/C16H15ClO2/c1-11-3-8-14(15(17)9-11)16(18)10-12-4-6-13(19-2)7-5-12/h3-9H,10H2,1-2H3. The molecule has 0 saturated heterocycles. The molecule has 0 fully saturated rings. The van der Waals surface area contributed by atoms with Crippen molar-refractivity contribution in [2.45, 2.75) is 13.3 Å². The molecule has 2 aromatic carbocycles. The molecule has 0 saturated carbocycles. The van der Waals surface area contributed by atoms with Crippen LogP contribution >= 0.6 is 11.6 Å². The molecule has 0 bridgehead atoms. The van der Waals surface area contributed by atoms with Crippen LogP contribution in [0.15, 0.2) is 42.5 Å². The molecule has 0 radical (unpaired) electrons. The Balaban J connectivity index is 2.15. The van der Waals surface area contributed by atoms with Crippen molar-refractivity contribution in [3.63, 3.8) is 0 Å². The lowest BCUT2D eigenvalue weighted by Gasteiger charge is -2.06. The van der Waals surface area contributed by atoms with E-state index >= 15 is 0 Å². The fourth-order valence-electron chi connectivity index (χ4n) is 1.87. The molecule has 0 spiro atoms. The molecular formula is C16H15ClO2. The van der Waals surface area contributed by atoms with E-state index in [1.54, 1.807) is 13.2 Å². The third kappa shape index (κ3) is 3.36. The molecular weight excluding hydrogens is 260 g/mol. The minimum absolute atomic E-state index is 0.0233. The number of carbonyl (C=O) groups excluding carboxylic acids is 1. The summed E-state index contributed by atoms with van der Waals surface area (Å²) in [7, 11) is 1.62. The third-order valence-corrected chi connectivity index (χ3v) is 3.26. The van der Waals surface area contributed by atoms with Gasteiger partial charge in [0.2, 0.25) is 0 Å². The van der Waals surface area contributed by atoms with Crippen LogP contribution in [0.25, 0.3) is 0 Å². The summed E-state index contributed by atoms with van der Waals surface area (Å²) in [5.41, 5.74) is 2.57. The highest BCUT2D eigenvalue weighted by Crippen LogP contribution is 2.20. The van der Waals surface area contributed by atoms with E-state index in [1.807, 2.05) is 43.3 Å². The average molecular weight is 275 g/mol. The van der Waals surface area contributed by atoms with Crippen molar-refractivity contribution in [1.29, 1.82) is 0 Å². The second-order valence-corrected chi connectivity index (χ2v) is 4.84.